The molecule has 2 atom stereocenters. The van der Waals surface area contributed by atoms with Crippen LogP contribution in [-0.4, -0.2) is 29.3 Å². The first-order valence-corrected chi connectivity index (χ1v) is 13.7. The lowest BCUT2D eigenvalue weighted by atomic mass is 9.83. The molecule has 1 aliphatic carbocycles. The maximum Gasteiger partial charge on any atom is 0.257 e. The molecule has 0 radical (unpaired) electrons. The number of piperidine rings is 1. The van der Waals surface area contributed by atoms with E-state index in [1.165, 1.54) is 25.3 Å². The van der Waals surface area contributed by atoms with Gasteiger partial charge in [-0.1, -0.05) is 41.9 Å². The van der Waals surface area contributed by atoms with E-state index in [-0.39, 0.29) is 11.5 Å². The number of nitrogens with one attached hydrogen (secondary N) is 2. The Hall–Kier alpha value is -3.38. The van der Waals surface area contributed by atoms with Crippen LogP contribution < -0.4 is 10.6 Å². The van der Waals surface area contributed by atoms with Gasteiger partial charge < -0.3 is 15.5 Å². The van der Waals surface area contributed by atoms with Crippen molar-refractivity contribution >= 4 is 34.8 Å². The lowest BCUT2D eigenvalue weighted by molar-refractivity contribution is -0.123. The highest BCUT2D eigenvalue weighted by Gasteiger charge is 2.40. The van der Waals surface area contributed by atoms with Gasteiger partial charge in [0, 0.05) is 29.0 Å². The molecule has 2 aliphatic rings. The fraction of sp³-hybridized carbons (Fsp3) is 0.355. The Labute approximate surface area is 228 Å². The second-order valence-corrected chi connectivity index (χ2v) is 10.9. The van der Waals surface area contributed by atoms with Gasteiger partial charge in [0.05, 0.1) is 17.5 Å². The highest BCUT2D eigenvalue weighted by molar-refractivity contribution is 6.31. The van der Waals surface area contributed by atoms with Crippen molar-refractivity contribution in [2.24, 2.45) is 5.92 Å². The van der Waals surface area contributed by atoms with E-state index < -0.39 is 23.7 Å². The molecule has 3 aromatic rings. The molecule has 1 saturated carbocycles. The van der Waals surface area contributed by atoms with E-state index in [1.807, 2.05) is 43.3 Å². The van der Waals surface area contributed by atoms with Crippen LogP contribution in [0.1, 0.15) is 65.2 Å². The molecule has 1 saturated heterocycles. The average Bonchev–Trinajstić information content (AvgIpc) is 2.88. The van der Waals surface area contributed by atoms with Crippen molar-refractivity contribution in [2.75, 3.05) is 17.2 Å². The van der Waals surface area contributed by atoms with Gasteiger partial charge in [0.1, 0.15) is 5.82 Å². The number of rotatable bonds is 6. The normalized spacial score (nSPS) is 19.5. The SMILES string of the molecule is Cc1ccc(NC(=O)[C@H]2CCCN(C(=O)c3c(C)cccc3F)[C@H]2c2ccc(NC3CCC3)cc2)cc1Cl. The lowest BCUT2D eigenvalue weighted by Gasteiger charge is -2.41. The molecule has 2 fully saturated rings. The van der Waals surface area contributed by atoms with Crippen molar-refractivity contribution in [3.8, 4) is 0 Å². The fourth-order valence-electron chi connectivity index (χ4n) is 5.43. The molecule has 5 nitrogen and oxygen atoms in total. The van der Waals surface area contributed by atoms with E-state index in [0.717, 1.165) is 16.8 Å². The Morgan fingerprint density at radius 3 is 2.32 bits per heavy atom. The lowest BCUT2D eigenvalue weighted by Crippen LogP contribution is -2.46. The maximum absolute atomic E-state index is 14.9. The number of carbonyl (C=O) groups excluding carboxylic acids is 2. The van der Waals surface area contributed by atoms with E-state index >= 15 is 0 Å². The van der Waals surface area contributed by atoms with Crippen molar-refractivity contribution in [2.45, 2.75) is 58.0 Å². The average molecular weight is 534 g/mol. The predicted molar refractivity (Wildman–Crippen MR) is 150 cm³/mol. The third-order valence-electron chi connectivity index (χ3n) is 7.83. The van der Waals surface area contributed by atoms with Gasteiger partial charge in [0.25, 0.3) is 5.91 Å². The van der Waals surface area contributed by atoms with Gasteiger partial charge in [0.2, 0.25) is 5.91 Å². The summed E-state index contributed by atoms with van der Waals surface area (Å²) in [4.78, 5) is 29.2. The van der Waals surface area contributed by atoms with Gasteiger partial charge >= 0.3 is 0 Å². The molecular formula is C31H33ClFN3O2. The number of halogens is 2. The van der Waals surface area contributed by atoms with Crippen LogP contribution in [0, 0.1) is 25.6 Å². The Morgan fingerprint density at radius 2 is 1.66 bits per heavy atom. The third kappa shape index (κ3) is 5.41. The fourth-order valence-corrected chi connectivity index (χ4v) is 5.61. The summed E-state index contributed by atoms with van der Waals surface area (Å²) in [5.41, 5.74) is 4.05. The van der Waals surface area contributed by atoms with Crippen LogP contribution in [0.3, 0.4) is 0 Å². The number of carbonyl (C=O) groups is 2. The Bertz CT molecular complexity index is 1320. The third-order valence-corrected chi connectivity index (χ3v) is 8.24. The Balaban J connectivity index is 1.48. The van der Waals surface area contributed by atoms with Gasteiger partial charge in [-0.05, 0) is 93.0 Å². The summed E-state index contributed by atoms with van der Waals surface area (Å²) in [6, 6.07) is 18.0. The van der Waals surface area contributed by atoms with E-state index in [9.17, 15) is 14.0 Å². The van der Waals surface area contributed by atoms with Crippen molar-refractivity contribution in [1.29, 1.82) is 0 Å². The predicted octanol–water partition coefficient (Wildman–Crippen LogP) is 7.29. The molecule has 1 heterocycles. The largest absolute Gasteiger partial charge is 0.382 e. The van der Waals surface area contributed by atoms with Crippen molar-refractivity contribution < 1.29 is 14.0 Å². The summed E-state index contributed by atoms with van der Waals surface area (Å²) in [6.45, 7) is 4.09. The molecule has 2 amide bonds. The van der Waals surface area contributed by atoms with E-state index in [2.05, 4.69) is 10.6 Å². The standard InChI is InChI=1S/C31H33ClFN3O2/c1-19-11-14-24(18-26(19)32)35-30(37)25-9-5-17-36(31(38)28-20(2)6-3-10-27(28)33)29(25)21-12-15-23(16-13-21)34-22-7-4-8-22/h3,6,10-16,18,22,25,29,34H,4-5,7-9,17H2,1-2H3,(H,35,37)/t25-,29-/m0/s1. The molecule has 3 aromatic carbocycles. The van der Waals surface area contributed by atoms with E-state index in [4.69, 9.17) is 11.6 Å². The summed E-state index contributed by atoms with van der Waals surface area (Å²) < 4.78 is 14.9. The summed E-state index contributed by atoms with van der Waals surface area (Å²) in [5.74, 6) is -1.63. The number of anilines is 2. The van der Waals surface area contributed by atoms with Crippen LogP contribution in [0.5, 0.6) is 0 Å². The monoisotopic (exact) mass is 533 g/mol. The molecule has 0 unspecified atom stereocenters. The first-order valence-electron chi connectivity index (χ1n) is 13.3. The Kier molecular flexibility index (Phi) is 7.70. The summed E-state index contributed by atoms with van der Waals surface area (Å²) in [5, 5.41) is 7.12. The van der Waals surface area contributed by atoms with Gasteiger partial charge in [-0.3, -0.25) is 9.59 Å². The van der Waals surface area contributed by atoms with Crippen molar-refractivity contribution in [3.63, 3.8) is 0 Å². The molecule has 1 aliphatic heterocycles. The molecule has 0 spiro atoms. The molecular weight excluding hydrogens is 501 g/mol. The summed E-state index contributed by atoms with van der Waals surface area (Å²) in [7, 11) is 0. The smallest absolute Gasteiger partial charge is 0.257 e. The zero-order chi connectivity index (χ0) is 26.8. The van der Waals surface area contributed by atoms with E-state index in [0.29, 0.717) is 41.7 Å². The number of benzene rings is 3. The van der Waals surface area contributed by atoms with Crippen LogP contribution in [-0.2, 0) is 4.79 Å². The van der Waals surface area contributed by atoms with Crippen molar-refractivity contribution in [1.82, 2.24) is 4.90 Å². The van der Waals surface area contributed by atoms with Gasteiger partial charge in [-0.15, -0.1) is 0 Å². The van der Waals surface area contributed by atoms with E-state index in [1.54, 1.807) is 30.0 Å². The van der Waals surface area contributed by atoms with Crippen LogP contribution in [0.25, 0.3) is 0 Å². The molecule has 5 rings (SSSR count). The number of likely N-dealkylation sites (tertiary alicyclic amines) is 1. The molecule has 38 heavy (non-hydrogen) atoms. The Morgan fingerprint density at radius 1 is 0.921 bits per heavy atom. The van der Waals surface area contributed by atoms with Crippen molar-refractivity contribution in [3.05, 3.63) is 93.8 Å². The molecule has 0 bridgehead atoms. The number of nitrogens with zero attached hydrogens (tertiary/aromatic N) is 1. The summed E-state index contributed by atoms with van der Waals surface area (Å²) in [6.07, 6.45) is 4.83. The maximum atomic E-state index is 14.9. The first-order chi connectivity index (χ1) is 18.3. The zero-order valence-corrected chi connectivity index (χ0v) is 22.5. The number of amides is 2. The first kappa shape index (κ1) is 26.2. The zero-order valence-electron chi connectivity index (χ0n) is 21.8. The number of hydrogen-bond acceptors (Lipinski definition) is 3. The number of hydrogen-bond donors (Lipinski definition) is 2. The van der Waals surface area contributed by atoms with Gasteiger partial charge in [-0.25, -0.2) is 4.39 Å². The quantitative estimate of drug-likeness (QED) is 0.349. The van der Waals surface area contributed by atoms with Crippen LogP contribution in [0.15, 0.2) is 60.7 Å². The molecule has 2 N–H and O–H groups in total. The van der Waals surface area contributed by atoms with Gasteiger partial charge in [-0.2, -0.15) is 0 Å². The second kappa shape index (κ2) is 11.2. The minimum Gasteiger partial charge on any atom is -0.382 e. The number of aryl methyl sites for hydroxylation is 2. The highest BCUT2D eigenvalue weighted by Crippen LogP contribution is 2.39. The topological polar surface area (TPSA) is 61.4 Å². The summed E-state index contributed by atoms with van der Waals surface area (Å²) >= 11 is 6.29. The molecule has 198 valence electrons. The molecule has 7 heteroatoms. The second-order valence-electron chi connectivity index (χ2n) is 10.5. The van der Waals surface area contributed by atoms with Crippen LogP contribution in [0.4, 0.5) is 15.8 Å². The highest BCUT2D eigenvalue weighted by atomic mass is 35.5. The minimum absolute atomic E-state index is 0.0622. The minimum atomic E-state index is -0.547. The van der Waals surface area contributed by atoms with Crippen LogP contribution >= 0.6 is 11.6 Å². The van der Waals surface area contributed by atoms with Crippen LogP contribution in [0.2, 0.25) is 5.02 Å². The van der Waals surface area contributed by atoms with Gasteiger partial charge in [0.15, 0.2) is 0 Å². The molecule has 0 aromatic heterocycles.